The van der Waals surface area contributed by atoms with E-state index >= 15 is 0 Å². The third kappa shape index (κ3) is 5.40. The number of nitrogens with zero attached hydrogens (tertiary/aromatic N) is 3. The van der Waals surface area contributed by atoms with E-state index in [9.17, 15) is 18.5 Å². The first kappa shape index (κ1) is 26.1. The van der Waals surface area contributed by atoms with Gasteiger partial charge in [-0.25, -0.2) is 8.42 Å². The normalized spacial score (nSPS) is 17.1. The van der Waals surface area contributed by atoms with Crippen LogP contribution in [0, 0.1) is 10.1 Å². The van der Waals surface area contributed by atoms with Gasteiger partial charge in [0.05, 0.1) is 35.7 Å². The largest absolute Gasteiger partial charge is 0.494 e. The van der Waals surface area contributed by atoms with Gasteiger partial charge in [-0.3, -0.25) is 19.8 Å². The number of nitrogens with one attached hydrogen (secondary N) is 2. The van der Waals surface area contributed by atoms with Crippen LogP contribution in [0.4, 0.5) is 17.1 Å². The average molecular weight is 566 g/mol. The lowest BCUT2D eigenvalue weighted by Gasteiger charge is -2.26. The van der Waals surface area contributed by atoms with Gasteiger partial charge in [0.15, 0.2) is 5.11 Å². The Morgan fingerprint density at radius 1 is 1.13 bits per heavy atom. The number of ether oxygens (including phenoxy) is 1. The second-order valence-electron chi connectivity index (χ2n) is 8.76. The van der Waals surface area contributed by atoms with Crippen LogP contribution in [0.5, 0.6) is 5.75 Å². The third-order valence-corrected chi connectivity index (χ3v) is 7.02. The molecule has 1 fully saturated rings. The molecule has 4 aromatic rings. The van der Waals surface area contributed by atoms with Crippen molar-refractivity contribution in [3.05, 3.63) is 101 Å². The van der Waals surface area contributed by atoms with Crippen molar-refractivity contribution in [1.82, 2.24) is 10.3 Å². The fourth-order valence-corrected chi connectivity index (χ4v) is 5.39. The maximum absolute atomic E-state index is 11.8. The summed E-state index contributed by atoms with van der Waals surface area (Å²) < 4.78 is 37.8. The number of methoxy groups -OCH3 is 1. The molecule has 0 spiro atoms. The molecule has 0 aliphatic carbocycles. The highest BCUT2D eigenvalue weighted by molar-refractivity contribution is 7.92. The van der Waals surface area contributed by atoms with Crippen LogP contribution in [0.3, 0.4) is 0 Å². The summed E-state index contributed by atoms with van der Waals surface area (Å²) >= 11 is 5.74. The van der Waals surface area contributed by atoms with Crippen molar-refractivity contribution in [1.29, 1.82) is 0 Å². The molecule has 1 aliphatic heterocycles. The first-order valence-corrected chi connectivity index (χ1v) is 14.0. The minimum atomic E-state index is -3.53. The average Bonchev–Trinajstić information content (AvgIpc) is 3.53. The van der Waals surface area contributed by atoms with E-state index in [0.717, 1.165) is 11.9 Å². The molecule has 2 aromatic carbocycles. The Hall–Kier alpha value is -4.49. The lowest BCUT2D eigenvalue weighted by Crippen LogP contribution is -2.29. The van der Waals surface area contributed by atoms with Crippen molar-refractivity contribution < 1.29 is 22.5 Å². The van der Waals surface area contributed by atoms with Crippen LogP contribution in [0.1, 0.15) is 23.5 Å². The molecule has 0 bridgehead atoms. The van der Waals surface area contributed by atoms with Gasteiger partial charge in [-0.1, -0.05) is 18.2 Å². The summed E-state index contributed by atoms with van der Waals surface area (Å²) in [6.07, 6.45) is 2.74. The van der Waals surface area contributed by atoms with E-state index in [-0.39, 0.29) is 11.4 Å². The highest BCUT2D eigenvalue weighted by Crippen LogP contribution is 2.44. The van der Waals surface area contributed by atoms with Crippen molar-refractivity contribution in [3.8, 4) is 17.1 Å². The summed E-state index contributed by atoms with van der Waals surface area (Å²) in [5.41, 5.74) is 2.15. The predicted molar refractivity (Wildman–Crippen MR) is 150 cm³/mol. The van der Waals surface area contributed by atoms with Crippen molar-refractivity contribution in [2.75, 3.05) is 23.0 Å². The van der Waals surface area contributed by atoms with E-state index in [2.05, 4.69) is 15.0 Å². The molecule has 1 aliphatic rings. The first-order valence-electron chi connectivity index (χ1n) is 11.7. The molecule has 5 rings (SSSR count). The van der Waals surface area contributed by atoms with Crippen molar-refractivity contribution in [2.24, 2.45) is 0 Å². The molecule has 0 radical (unpaired) electrons. The van der Waals surface area contributed by atoms with Crippen molar-refractivity contribution in [2.45, 2.75) is 12.1 Å². The number of furan rings is 1. The molecule has 39 heavy (non-hydrogen) atoms. The highest BCUT2D eigenvalue weighted by Gasteiger charge is 2.43. The summed E-state index contributed by atoms with van der Waals surface area (Å²) in [7, 11) is -2.09. The predicted octanol–water partition coefficient (Wildman–Crippen LogP) is 4.81. The summed E-state index contributed by atoms with van der Waals surface area (Å²) in [5, 5.41) is 15.0. The SMILES string of the molecule is COc1cc(N2C(=S)N[C@H](c3ccccn3)[C@@H]2c2ccc(-c3cccc([N+](=O)[O-])c3)o2)ccc1NS(C)(=O)=O. The molecule has 0 saturated carbocycles. The van der Waals surface area contributed by atoms with Gasteiger partial charge in [-0.2, -0.15) is 0 Å². The van der Waals surface area contributed by atoms with E-state index < -0.39 is 27.0 Å². The van der Waals surface area contributed by atoms with Gasteiger partial charge in [0.1, 0.15) is 23.3 Å². The number of rotatable bonds is 8. The molecule has 0 amide bonds. The summed E-state index contributed by atoms with van der Waals surface area (Å²) in [4.78, 5) is 17.2. The number of pyridine rings is 1. The standard InChI is InChI=1S/C26H23N5O6S2/c1-36-23-15-17(9-10-19(23)29-39(2,34)35)30-25(24(28-26(30)38)20-8-3-4-13-27-20)22-12-11-21(37-22)16-6-5-7-18(14-16)31(32)33/h3-15,24-25,29H,1-2H3,(H,28,38)/t24-,25+/m1/s1. The van der Waals surface area contributed by atoms with E-state index in [4.69, 9.17) is 21.4 Å². The Bertz CT molecular complexity index is 1660. The fraction of sp³-hybridized carbons (Fsp3) is 0.154. The topological polar surface area (TPSA) is 140 Å². The Labute approximate surface area is 229 Å². The van der Waals surface area contributed by atoms with E-state index in [1.54, 1.807) is 48.7 Å². The van der Waals surface area contributed by atoms with E-state index in [1.807, 2.05) is 23.1 Å². The van der Waals surface area contributed by atoms with Crippen LogP contribution >= 0.6 is 12.2 Å². The smallest absolute Gasteiger partial charge is 0.270 e. The number of thiocarbonyl (C=S) groups is 1. The Morgan fingerprint density at radius 2 is 1.95 bits per heavy atom. The number of benzene rings is 2. The maximum Gasteiger partial charge on any atom is 0.270 e. The van der Waals surface area contributed by atoms with Gasteiger partial charge in [-0.15, -0.1) is 0 Å². The van der Waals surface area contributed by atoms with E-state index in [1.165, 1.54) is 19.2 Å². The summed E-state index contributed by atoms with van der Waals surface area (Å²) in [6, 6.07) is 19.4. The highest BCUT2D eigenvalue weighted by atomic mass is 32.2. The zero-order valence-corrected chi connectivity index (χ0v) is 22.4. The Balaban J connectivity index is 1.59. The molecular formula is C26H23N5O6S2. The Kier molecular flexibility index (Phi) is 6.93. The lowest BCUT2D eigenvalue weighted by atomic mass is 10.0. The first-order chi connectivity index (χ1) is 18.6. The number of nitro benzene ring substituents is 1. The van der Waals surface area contributed by atoms with Gasteiger partial charge < -0.3 is 19.4 Å². The second kappa shape index (κ2) is 10.3. The molecule has 0 unspecified atom stereocenters. The summed E-state index contributed by atoms with van der Waals surface area (Å²) in [6.45, 7) is 0. The van der Waals surface area contributed by atoms with Gasteiger partial charge in [0, 0.05) is 35.6 Å². The van der Waals surface area contributed by atoms with Gasteiger partial charge in [0.2, 0.25) is 10.0 Å². The molecule has 2 atom stereocenters. The molecule has 13 heteroatoms. The molecule has 200 valence electrons. The third-order valence-electron chi connectivity index (χ3n) is 6.12. The number of sulfonamides is 1. The maximum atomic E-state index is 11.8. The van der Waals surface area contributed by atoms with Crippen LogP contribution in [-0.2, 0) is 10.0 Å². The number of hydrogen-bond donors (Lipinski definition) is 2. The zero-order valence-electron chi connectivity index (χ0n) is 20.8. The molecule has 11 nitrogen and oxygen atoms in total. The lowest BCUT2D eigenvalue weighted by molar-refractivity contribution is -0.384. The minimum Gasteiger partial charge on any atom is -0.494 e. The van der Waals surface area contributed by atoms with Gasteiger partial charge >= 0.3 is 0 Å². The van der Waals surface area contributed by atoms with Crippen molar-refractivity contribution in [3.63, 3.8) is 0 Å². The Morgan fingerprint density at radius 3 is 2.64 bits per heavy atom. The minimum absolute atomic E-state index is 0.0444. The fourth-order valence-electron chi connectivity index (χ4n) is 4.48. The van der Waals surface area contributed by atoms with Crippen molar-refractivity contribution >= 4 is 44.4 Å². The van der Waals surface area contributed by atoms with Crippen LogP contribution in [0.15, 0.2) is 83.4 Å². The number of aromatic nitrogens is 1. The van der Waals surface area contributed by atoms with E-state index in [0.29, 0.717) is 33.6 Å². The summed E-state index contributed by atoms with van der Waals surface area (Å²) in [5.74, 6) is 1.30. The van der Waals surface area contributed by atoms with Crippen LogP contribution in [-0.4, -0.2) is 36.8 Å². The van der Waals surface area contributed by atoms with Crippen LogP contribution < -0.4 is 19.7 Å². The quantitative estimate of drug-likeness (QED) is 0.174. The molecule has 1 saturated heterocycles. The number of non-ortho nitro benzene ring substituents is 1. The molecular weight excluding hydrogens is 542 g/mol. The van der Waals surface area contributed by atoms with Crippen LogP contribution in [0.25, 0.3) is 11.3 Å². The molecule has 2 aromatic heterocycles. The zero-order chi connectivity index (χ0) is 27.7. The molecule has 2 N–H and O–H groups in total. The van der Waals surface area contributed by atoms with Gasteiger partial charge in [-0.05, 0) is 48.6 Å². The second-order valence-corrected chi connectivity index (χ2v) is 10.9. The monoisotopic (exact) mass is 565 g/mol. The number of nitro groups is 1. The van der Waals surface area contributed by atoms with Gasteiger partial charge in [0.25, 0.3) is 5.69 Å². The molecule has 3 heterocycles. The van der Waals surface area contributed by atoms with Crippen LogP contribution in [0.2, 0.25) is 0 Å². The number of anilines is 2. The number of hydrogen-bond acceptors (Lipinski definition) is 8.